The summed E-state index contributed by atoms with van der Waals surface area (Å²) in [6, 6.07) is 9.27. The predicted molar refractivity (Wildman–Crippen MR) is 88.5 cm³/mol. The monoisotopic (exact) mass is 285 g/mol. The molecule has 0 amide bonds. The van der Waals surface area contributed by atoms with Crippen LogP contribution in [-0.2, 0) is 0 Å². The predicted octanol–water partition coefficient (Wildman–Crippen LogP) is 5.36. The van der Waals surface area contributed by atoms with Crippen LogP contribution in [0.3, 0.4) is 0 Å². The second kappa shape index (κ2) is 6.23. The molecule has 1 unspecified atom stereocenters. The lowest BCUT2D eigenvalue weighted by Crippen LogP contribution is -2.35. The van der Waals surface area contributed by atoms with Gasteiger partial charge in [-0.05, 0) is 57.1 Å². The first-order valence-corrected chi connectivity index (χ1v) is 8.43. The first kappa shape index (κ1) is 14.6. The van der Waals surface area contributed by atoms with Crippen LogP contribution in [0.2, 0.25) is 0 Å². The molecule has 0 aliphatic heterocycles. The Morgan fingerprint density at radius 1 is 1.19 bits per heavy atom. The minimum Gasteiger partial charge on any atom is -0.459 e. The Bertz CT molecular complexity index is 593. The van der Waals surface area contributed by atoms with Gasteiger partial charge in [0, 0.05) is 11.4 Å². The number of nitrogens with one attached hydrogen (secondary N) is 1. The summed E-state index contributed by atoms with van der Waals surface area (Å²) >= 11 is 0. The molecule has 1 heterocycles. The molecule has 114 valence electrons. The second-order valence-electron chi connectivity index (χ2n) is 6.60. The highest BCUT2D eigenvalue weighted by Crippen LogP contribution is 2.32. The molecule has 1 atom stereocenters. The van der Waals surface area contributed by atoms with Crippen LogP contribution >= 0.6 is 0 Å². The van der Waals surface area contributed by atoms with Crippen molar-refractivity contribution in [2.24, 2.45) is 5.92 Å². The summed E-state index contributed by atoms with van der Waals surface area (Å²) < 4.78 is 6.08. The molecule has 1 aromatic carbocycles. The van der Waals surface area contributed by atoms with Gasteiger partial charge in [0.2, 0.25) is 0 Å². The highest BCUT2D eigenvalue weighted by atomic mass is 16.3. The zero-order valence-electron chi connectivity index (χ0n) is 13.5. The van der Waals surface area contributed by atoms with Crippen LogP contribution in [0.5, 0.6) is 0 Å². The van der Waals surface area contributed by atoms with Gasteiger partial charge >= 0.3 is 0 Å². The average molecular weight is 285 g/mol. The Labute approximate surface area is 127 Å². The molecule has 0 saturated heterocycles. The fourth-order valence-corrected chi connectivity index (χ4v) is 3.77. The SMILES string of the molecule is CCC1CCC(NC(C)c2oc3ccccc3c2C)CC1. The maximum absolute atomic E-state index is 6.08. The molecule has 3 rings (SSSR count). The summed E-state index contributed by atoms with van der Waals surface area (Å²) in [5.74, 6) is 2.06. The Balaban J connectivity index is 1.70. The van der Waals surface area contributed by atoms with Crippen molar-refractivity contribution in [2.75, 3.05) is 0 Å². The quantitative estimate of drug-likeness (QED) is 0.818. The van der Waals surface area contributed by atoms with Gasteiger partial charge in [-0.15, -0.1) is 0 Å². The normalized spacial score (nSPS) is 24.3. The van der Waals surface area contributed by atoms with E-state index in [1.54, 1.807) is 0 Å². The second-order valence-corrected chi connectivity index (χ2v) is 6.60. The minimum absolute atomic E-state index is 0.292. The first-order valence-electron chi connectivity index (χ1n) is 8.43. The van der Waals surface area contributed by atoms with Gasteiger partial charge < -0.3 is 9.73 Å². The van der Waals surface area contributed by atoms with Crippen LogP contribution in [-0.4, -0.2) is 6.04 Å². The molecule has 1 aromatic heterocycles. The van der Waals surface area contributed by atoms with E-state index in [1.165, 1.54) is 43.1 Å². The van der Waals surface area contributed by atoms with Gasteiger partial charge in [-0.3, -0.25) is 0 Å². The Morgan fingerprint density at radius 3 is 2.57 bits per heavy atom. The van der Waals surface area contributed by atoms with Crippen molar-refractivity contribution >= 4 is 11.0 Å². The highest BCUT2D eigenvalue weighted by molar-refractivity contribution is 5.82. The van der Waals surface area contributed by atoms with Crippen molar-refractivity contribution in [3.63, 3.8) is 0 Å². The number of aryl methyl sites for hydroxylation is 1. The number of furan rings is 1. The van der Waals surface area contributed by atoms with Crippen LogP contribution in [0.1, 0.15) is 63.3 Å². The lowest BCUT2D eigenvalue weighted by molar-refractivity contribution is 0.265. The summed E-state index contributed by atoms with van der Waals surface area (Å²) in [7, 11) is 0. The van der Waals surface area contributed by atoms with E-state index in [4.69, 9.17) is 4.42 Å². The lowest BCUT2D eigenvalue weighted by atomic mass is 9.84. The van der Waals surface area contributed by atoms with E-state index in [0.717, 1.165) is 17.3 Å². The molecular weight excluding hydrogens is 258 g/mol. The number of fused-ring (bicyclic) bond motifs is 1. The van der Waals surface area contributed by atoms with E-state index < -0.39 is 0 Å². The molecule has 2 heteroatoms. The molecule has 1 N–H and O–H groups in total. The molecular formula is C19H27NO. The molecule has 2 aromatic rings. The molecule has 0 spiro atoms. The molecule has 2 nitrogen and oxygen atoms in total. The van der Waals surface area contributed by atoms with Crippen molar-refractivity contribution < 1.29 is 4.42 Å². The summed E-state index contributed by atoms with van der Waals surface area (Å²) in [5, 5.41) is 5.03. The third-order valence-electron chi connectivity index (χ3n) is 5.18. The van der Waals surface area contributed by atoms with Gasteiger partial charge in [-0.1, -0.05) is 31.5 Å². The molecule has 1 saturated carbocycles. The van der Waals surface area contributed by atoms with Gasteiger partial charge in [0.1, 0.15) is 11.3 Å². The third-order valence-corrected chi connectivity index (χ3v) is 5.18. The zero-order chi connectivity index (χ0) is 14.8. The highest BCUT2D eigenvalue weighted by Gasteiger charge is 2.23. The third kappa shape index (κ3) is 3.01. The Kier molecular flexibility index (Phi) is 4.34. The van der Waals surface area contributed by atoms with E-state index in [-0.39, 0.29) is 0 Å². The fourth-order valence-electron chi connectivity index (χ4n) is 3.77. The number of para-hydroxylation sites is 1. The largest absolute Gasteiger partial charge is 0.459 e. The lowest BCUT2D eigenvalue weighted by Gasteiger charge is -2.30. The maximum Gasteiger partial charge on any atom is 0.134 e. The van der Waals surface area contributed by atoms with E-state index in [0.29, 0.717) is 12.1 Å². The Morgan fingerprint density at radius 2 is 1.90 bits per heavy atom. The zero-order valence-corrected chi connectivity index (χ0v) is 13.5. The summed E-state index contributed by atoms with van der Waals surface area (Å²) in [6.07, 6.45) is 6.70. The van der Waals surface area contributed by atoms with Crippen molar-refractivity contribution in [1.29, 1.82) is 0 Å². The van der Waals surface area contributed by atoms with Gasteiger partial charge in [0.25, 0.3) is 0 Å². The van der Waals surface area contributed by atoms with Crippen molar-refractivity contribution in [3.05, 3.63) is 35.6 Å². The van der Waals surface area contributed by atoms with E-state index in [9.17, 15) is 0 Å². The smallest absolute Gasteiger partial charge is 0.134 e. The fraction of sp³-hybridized carbons (Fsp3) is 0.579. The summed E-state index contributed by atoms with van der Waals surface area (Å²) in [5.41, 5.74) is 2.29. The molecule has 1 aliphatic rings. The Hall–Kier alpha value is -1.28. The van der Waals surface area contributed by atoms with E-state index in [2.05, 4.69) is 44.3 Å². The van der Waals surface area contributed by atoms with Crippen LogP contribution in [0.4, 0.5) is 0 Å². The standard InChI is InChI=1S/C19H27NO/c1-4-15-9-11-16(12-10-15)20-14(3)19-13(2)17-7-5-6-8-18(17)21-19/h5-8,14-16,20H,4,9-12H2,1-3H3. The van der Waals surface area contributed by atoms with Crippen LogP contribution < -0.4 is 5.32 Å². The van der Waals surface area contributed by atoms with Crippen LogP contribution in [0, 0.1) is 12.8 Å². The van der Waals surface area contributed by atoms with Crippen molar-refractivity contribution in [3.8, 4) is 0 Å². The first-order chi connectivity index (χ1) is 10.2. The molecule has 1 aliphatic carbocycles. The van der Waals surface area contributed by atoms with Gasteiger partial charge in [0.15, 0.2) is 0 Å². The number of rotatable bonds is 4. The van der Waals surface area contributed by atoms with Crippen molar-refractivity contribution in [2.45, 2.75) is 65.0 Å². The number of hydrogen-bond donors (Lipinski definition) is 1. The van der Waals surface area contributed by atoms with Crippen LogP contribution in [0.15, 0.2) is 28.7 Å². The van der Waals surface area contributed by atoms with Gasteiger partial charge in [0.05, 0.1) is 6.04 Å². The van der Waals surface area contributed by atoms with Gasteiger partial charge in [-0.2, -0.15) is 0 Å². The average Bonchev–Trinajstić information content (AvgIpc) is 2.86. The minimum atomic E-state index is 0.292. The number of benzene rings is 1. The van der Waals surface area contributed by atoms with E-state index in [1.807, 2.05) is 6.07 Å². The molecule has 1 fully saturated rings. The van der Waals surface area contributed by atoms with Crippen molar-refractivity contribution in [1.82, 2.24) is 5.32 Å². The molecule has 0 radical (unpaired) electrons. The maximum atomic E-state index is 6.08. The molecule has 21 heavy (non-hydrogen) atoms. The van der Waals surface area contributed by atoms with Gasteiger partial charge in [-0.25, -0.2) is 0 Å². The topological polar surface area (TPSA) is 25.2 Å². The molecule has 0 bridgehead atoms. The van der Waals surface area contributed by atoms with Crippen LogP contribution in [0.25, 0.3) is 11.0 Å². The number of hydrogen-bond acceptors (Lipinski definition) is 2. The summed E-state index contributed by atoms with van der Waals surface area (Å²) in [6.45, 7) is 6.72. The van der Waals surface area contributed by atoms with E-state index >= 15 is 0 Å². The summed E-state index contributed by atoms with van der Waals surface area (Å²) in [4.78, 5) is 0.